The molecule has 0 radical (unpaired) electrons. The van der Waals surface area contributed by atoms with Gasteiger partial charge in [-0.1, -0.05) is 47.1 Å². The first-order valence-electron chi connectivity index (χ1n) is 9.33. The van der Waals surface area contributed by atoms with Gasteiger partial charge in [-0.15, -0.1) is 6.58 Å². The van der Waals surface area contributed by atoms with Gasteiger partial charge in [0.15, 0.2) is 5.79 Å². The van der Waals surface area contributed by atoms with Gasteiger partial charge in [-0.2, -0.15) is 0 Å². The summed E-state index contributed by atoms with van der Waals surface area (Å²) >= 11 is 0. The number of ether oxygens (including phenoxy) is 2. The third-order valence-electron chi connectivity index (χ3n) is 6.00. The summed E-state index contributed by atoms with van der Waals surface area (Å²) in [6, 6.07) is 0. The summed E-state index contributed by atoms with van der Waals surface area (Å²) < 4.78 is 12.8. The fourth-order valence-corrected chi connectivity index (χ4v) is 4.16. The van der Waals surface area contributed by atoms with E-state index in [4.69, 9.17) is 9.47 Å². The molecule has 3 heteroatoms. The molecular weight excluding hydrogens is 288 g/mol. The van der Waals surface area contributed by atoms with Gasteiger partial charge >= 0.3 is 0 Å². The first-order chi connectivity index (χ1) is 10.7. The fourth-order valence-electron chi connectivity index (χ4n) is 4.16. The van der Waals surface area contributed by atoms with Crippen molar-refractivity contribution in [1.82, 2.24) is 0 Å². The topological polar surface area (TPSA) is 38.7 Å². The lowest BCUT2D eigenvalue weighted by atomic mass is 9.72. The Hall–Kier alpha value is -0.380. The van der Waals surface area contributed by atoms with Crippen molar-refractivity contribution >= 4 is 0 Å². The van der Waals surface area contributed by atoms with E-state index in [0.29, 0.717) is 24.2 Å². The highest BCUT2D eigenvalue weighted by molar-refractivity contribution is 4.96. The summed E-state index contributed by atoms with van der Waals surface area (Å²) in [4.78, 5) is 0. The Kier molecular flexibility index (Phi) is 5.97. The van der Waals surface area contributed by atoms with E-state index in [0.717, 1.165) is 19.4 Å². The van der Waals surface area contributed by atoms with Crippen LogP contribution in [0.1, 0.15) is 66.7 Å². The minimum atomic E-state index is -0.438. The Bertz CT molecular complexity index is 404. The molecular formula is C20H36O3. The monoisotopic (exact) mass is 324 g/mol. The number of aliphatic hydroxyl groups excluding tert-OH is 1. The molecule has 1 aliphatic heterocycles. The third-order valence-corrected chi connectivity index (χ3v) is 6.00. The summed E-state index contributed by atoms with van der Waals surface area (Å²) in [5.41, 5.74) is -0.286. The molecule has 0 unspecified atom stereocenters. The highest BCUT2D eigenvalue weighted by Crippen LogP contribution is 2.47. The van der Waals surface area contributed by atoms with Crippen molar-refractivity contribution in [2.24, 2.45) is 23.2 Å². The molecule has 1 N–H and O–H groups in total. The van der Waals surface area contributed by atoms with Gasteiger partial charge in [0.2, 0.25) is 0 Å². The summed E-state index contributed by atoms with van der Waals surface area (Å²) in [6.07, 6.45) is 6.41. The van der Waals surface area contributed by atoms with Crippen molar-refractivity contribution in [2.75, 3.05) is 6.61 Å². The summed E-state index contributed by atoms with van der Waals surface area (Å²) in [5, 5.41) is 10.6. The van der Waals surface area contributed by atoms with E-state index < -0.39 is 11.9 Å². The molecule has 1 aliphatic carbocycles. The molecule has 2 fully saturated rings. The second kappa shape index (κ2) is 7.25. The first kappa shape index (κ1) is 19.0. The highest BCUT2D eigenvalue weighted by atomic mass is 16.7. The maximum atomic E-state index is 10.6. The molecule has 0 aromatic carbocycles. The van der Waals surface area contributed by atoms with Crippen LogP contribution in [-0.4, -0.2) is 29.7 Å². The highest BCUT2D eigenvalue weighted by Gasteiger charge is 2.50. The second-order valence-electron chi connectivity index (χ2n) is 8.70. The normalized spacial score (nSPS) is 37.1. The maximum Gasteiger partial charge on any atom is 0.171 e. The van der Waals surface area contributed by atoms with Crippen LogP contribution in [-0.2, 0) is 9.47 Å². The largest absolute Gasteiger partial charge is 0.392 e. The minimum Gasteiger partial charge on any atom is -0.392 e. The van der Waals surface area contributed by atoms with Crippen molar-refractivity contribution in [3.05, 3.63) is 12.7 Å². The maximum absolute atomic E-state index is 10.6. The molecule has 5 atom stereocenters. The Labute approximate surface area is 142 Å². The van der Waals surface area contributed by atoms with E-state index in [1.807, 2.05) is 19.9 Å². The zero-order chi connectivity index (χ0) is 17.3. The molecule has 1 saturated carbocycles. The summed E-state index contributed by atoms with van der Waals surface area (Å²) in [7, 11) is 0. The van der Waals surface area contributed by atoms with Crippen LogP contribution in [0.3, 0.4) is 0 Å². The van der Waals surface area contributed by atoms with Crippen LogP contribution >= 0.6 is 0 Å². The standard InChI is InChI=1S/C20H36O3/c1-7-19(5,6)18(21)12-16-10-11-22-20(23-16)13-15(4)8-9-17(20)14(2)3/h7,14-18,21H,1,8-13H2,2-6H3/t15-,16+,17+,18+,20+/m1/s1. The number of hydrogen-bond acceptors (Lipinski definition) is 3. The van der Waals surface area contributed by atoms with E-state index >= 15 is 0 Å². The molecule has 134 valence electrons. The average molecular weight is 325 g/mol. The van der Waals surface area contributed by atoms with Gasteiger partial charge in [-0.3, -0.25) is 0 Å². The van der Waals surface area contributed by atoms with Crippen LogP contribution in [0.4, 0.5) is 0 Å². The molecule has 3 nitrogen and oxygen atoms in total. The Morgan fingerprint density at radius 3 is 2.61 bits per heavy atom. The summed E-state index contributed by atoms with van der Waals surface area (Å²) in [5.74, 6) is 1.20. The third kappa shape index (κ3) is 4.18. The molecule has 1 spiro atoms. The molecule has 0 amide bonds. The van der Waals surface area contributed by atoms with Gasteiger partial charge in [-0.25, -0.2) is 0 Å². The molecule has 23 heavy (non-hydrogen) atoms. The quantitative estimate of drug-likeness (QED) is 0.754. The summed E-state index contributed by atoms with van der Waals surface area (Å²) in [6.45, 7) is 15.5. The smallest absolute Gasteiger partial charge is 0.171 e. The molecule has 2 rings (SSSR count). The zero-order valence-corrected chi connectivity index (χ0v) is 15.7. The minimum absolute atomic E-state index is 0.0736. The van der Waals surface area contributed by atoms with Gasteiger partial charge in [0.05, 0.1) is 18.8 Å². The number of rotatable bonds is 5. The van der Waals surface area contributed by atoms with Crippen LogP contribution in [0.5, 0.6) is 0 Å². The van der Waals surface area contributed by atoms with Crippen molar-refractivity contribution in [3.63, 3.8) is 0 Å². The van der Waals surface area contributed by atoms with Gasteiger partial charge in [0, 0.05) is 24.2 Å². The number of hydrogen-bond donors (Lipinski definition) is 1. The van der Waals surface area contributed by atoms with E-state index in [1.165, 1.54) is 12.8 Å². The van der Waals surface area contributed by atoms with E-state index in [1.54, 1.807) is 0 Å². The van der Waals surface area contributed by atoms with Crippen molar-refractivity contribution in [2.45, 2.75) is 84.7 Å². The van der Waals surface area contributed by atoms with Gasteiger partial charge in [-0.05, 0) is 24.7 Å². The van der Waals surface area contributed by atoms with E-state index in [9.17, 15) is 5.11 Å². The van der Waals surface area contributed by atoms with Crippen LogP contribution < -0.4 is 0 Å². The lowest BCUT2D eigenvalue weighted by molar-refractivity contribution is -0.341. The Balaban J connectivity index is 2.10. The fraction of sp³-hybridized carbons (Fsp3) is 0.900. The predicted octanol–water partition coefficient (Wildman–Crippen LogP) is 4.54. The van der Waals surface area contributed by atoms with Crippen LogP contribution in [0.2, 0.25) is 0 Å². The van der Waals surface area contributed by atoms with E-state index in [2.05, 4.69) is 27.4 Å². The molecule has 1 saturated heterocycles. The number of aliphatic hydroxyl groups is 1. The van der Waals surface area contributed by atoms with Crippen LogP contribution in [0, 0.1) is 23.2 Å². The van der Waals surface area contributed by atoms with Crippen molar-refractivity contribution in [3.8, 4) is 0 Å². The zero-order valence-electron chi connectivity index (χ0n) is 15.7. The molecule has 0 aromatic heterocycles. The van der Waals surface area contributed by atoms with Crippen LogP contribution in [0.25, 0.3) is 0 Å². The lowest BCUT2D eigenvalue weighted by Gasteiger charge is -2.51. The molecule has 1 heterocycles. The SMILES string of the molecule is C=CC(C)(C)[C@@H](O)C[C@@H]1CCO[C@@]2(C[C@H](C)CC[C@H]2C(C)C)O1. The predicted molar refractivity (Wildman–Crippen MR) is 94.1 cm³/mol. The van der Waals surface area contributed by atoms with E-state index in [-0.39, 0.29) is 11.5 Å². The first-order valence-corrected chi connectivity index (χ1v) is 9.33. The average Bonchev–Trinajstić information content (AvgIpc) is 2.46. The Morgan fingerprint density at radius 1 is 1.30 bits per heavy atom. The molecule has 0 bridgehead atoms. The van der Waals surface area contributed by atoms with Gasteiger partial charge < -0.3 is 14.6 Å². The van der Waals surface area contributed by atoms with Crippen molar-refractivity contribution < 1.29 is 14.6 Å². The second-order valence-corrected chi connectivity index (χ2v) is 8.70. The van der Waals surface area contributed by atoms with Crippen molar-refractivity contribution in [1.29, 1.82) is 0 Å². The lowest BCUT2D eigenvalue weighted by Crippen LogP contribution is -2.55. The Morgan fingerprint density at radius 2 is 2.00 bits per heavy atom. The van der Waals surface area contributed by atoms with Gasteiger partial charge in [0.1, 0.15) is 0 Å². The molecule has 0 aromatic rings. The van der Waals surface area contributed by atoms with Gasteiger partial charge in [0.25, 0.3) is 0 Å². The molecule has 2 aliphatic rings. The van der Waals surface area contributed by atoms with Crippen LogP contribution in [0.15, 0.2) is 12.7 Å².